The van der Waals surface area contributed by atoms with Crippen LogP contribution in [0.25, 0.3) is 0 Å². The molecule has 134 valence electrons. The van der Waals surface area contributed by atoms with Gasteiger partial charge in [-0.15, -0.1) is 0 Å². The van der Waals surface area contributed by atoms with Crippen molar-refractivity contribution < 1.29 is 19.0 Å². The summed E-state index contributed by atoms with van der Waals surface area (Å²) in [5, 5.41) is 0. The zero-order valence-electron chi connectivity index (χ0n) is 14.8. The van der Waals surface area contributed by atoms with Crippen molar-refractivity contribution in [3.05, 3.63) is 28.2 Å². The van der Waals surface area contributed by atoms with Crippen molar-refractivity contribution in [2.24, 2.45) is 0 Å². The zero-order valence-corrected chi connectivity index (χ0v) is 16.4. The third-order valence-electron chi connectivity index (χ3n) is 3.85. The van der Waals surface area contributed by atoms with Gasteiger partial charge in [0, 0.05) is 29.3 Å². The molecule has 1 aliphatic rings. The molecule has 0 atom stereocenters. The van der Waals surface area contributed by atoms with Crippen LogP contribution in [-0.2, 0) is 16.0 Å². The number of benzene rings is 1. The van der Waals surface area contributed by atoms with Crippen LogP contribution in [0.5, 0.6) is 5.75 Å². The summed E-state index contributed by atoms with van der Waals surface area (Å²) in [6, 6.07) is 5.95. The molecule has 1 aromatic carbocycles. The van der Waals surface area contributed by atoms with Crippen LogP contribution in [0, 0.1) is 0 Å². The van der Waals surface area contributed by atoms with Gasteiger partial charge < -0.3 is 19.1 Å². The second kappa shape index (κ2) is 8.21. The maximum Gasteiger partial charge on any atom is 0.410 e. The van der Waals surface area contributed by atoms with Crippen LogP contribution in [0.15, 0.2) is 22.7 Å². The summed E-state index contributed by atoms with van der Waals surface area (Å²) in [6.07, 6.45) is 1.34. The van der Waals surface area contributed by atoms with Gasteiger partial charge in [0.05, 0.1) is 13.7 Å². The average Bonchev–Trinajstić information content (AvgIpc) is 2.52. The predicted octanol–water partition coefficient (Wildman–Crippen LogP) is 4.37. The van der Waals surface area contributed by atoms with Crippen LogP contribution in [0.3, 0.4) is 0 Å². The molecule has 0 bridgehead atoms. The van der Waals surface area contributed by atoms with E-state index in [2.05, 4.69) is 15.9 Å². The fourth-order valence-corrected chi connectivity index (χ4v) is 3.03. The first-order valence-electron chi connectivity index (χ1n) is 8.20. The van der Waals surface area contributed by atoms with Crippen LogP contribution in [0.1, 0.15) is 39.2 Å². The van der Waals surface area contributed by atoms with E-state index in [4.69, 9.17) is 14.2 Å². The molecule has 5 nitrogen and oxygen atoms in total. The summed E-state index contributed by atoms with van der Waals surface area (Å²) in [6.45, 7) is 7.44. The van der Waals surface area contributed by atoms with E-state index in [0.29, 0.717) is 19.8 Å². The van der Waals surface area contributed by atoms with E-state index in [-0.39, 0.29) is 12.1 Å². The number of carbonyl (C=O) groups excluding carboxylic acids is 1. The summed E-state index contributed by atoms with van der Waals surface area (Å²) < 4.78 is 17.5. The summed E-state index contributed by atoms with van der Waals surface area (Å²) in [5.74, 6) is 0.755. The van der Waals surface area contributed by atoms with E-state index < -0.39 is 5.60 Å². The average molecular weight is 400 g/mol. The molecular weight excluding hydrogens is 374 g/mol. The van der Waals surface area contributed by atoms with Crippen molar-refractivity contribution in [3.8, 4) is 5.75 Å². The fraction of sp³-hybridized carbons (Fsp3) is 0.611. The molecule has 2 rings (SSSR count). The van der Waals surface area contributed by atoms with Crippen LogP contribution in [0.4, 0.5) is 4.79 Å². The predicted molar refractivity (Wildman–Crippen MR) is 96.3 cm³/mol. The number of carbonyl (C=O) groups is 1. The van der Waals surface area contributed by atoms with E-state index in [0.717, 1.165) is 28.6 Å². The number of nitrogens with zero attached hydrogens (tertiary/aromatic N) is 1. The molecule has 0 aliphatic carbocycles. The SMILES string of the molecule is COc1cc(Br)ccc1CN(C(=O)OC(C)(C)C)C1CCOCC1. The molecular formula is C18H26BrNO4. The Morgan fingerprint density at radius 2 is 2.00 bits per heavy atom. The Balaban J connectivity index is 2.23. The minimum Gasteiger partial charge on any atom is -0.496 e. The van der Waals surface area contributed by atoms with E-state index >= 15 is 0 Å². The van der Waals surface area contributed by atoms with Gasteiger partial charge >= 0.3 is 6.09 Å². The van der Waals surface area contributed by atoms with Crippen molar-refractivity contribution in [1.82, 2.24) is 4.90 Å². The van der Waals surface area contributed by atoms with E-state index in [9.17, 15) is 4.79 Å². The van der Waals surface area contributed by atoms with Gasteiger partial charge in [-0.05, 0) is 45.7 Å². The van der Waals surface area contributed by atoms with Crippen molar-refractivity contribution in [3.63, 3.8) is 0 Å². The Hall–Kier alpha value is -1.27. The minimum absolute atomic E-state index is 0.113. The molecule has 0 N–H and O–H groups in total. The van der Waals surface area contributed by atoms with E-state index in [1.54, 1.807) is 12.0 Å². The van der Waals surface area contributed by atoms with Gasteiger partial charge in [-0.25, -0.2) is 4.79 Å². The largest absolute Gasteiger partial charge is 0.496 e. The first kappa shape index (κ1) is 19.1. The third-order valence-corrected chi connectivity index (χ3v) is 4.34. The lowest BCUT2D eigenvalue weighted by Gasteiger charge is -2.35. The molecule has 1 heterocycles. The van der Waals surface area contributed by atoms with Gasteiger partial charge in [-0.1, -0.05) is 22.0 Å². The number of rotatable bonds is 4. The number of amides is 1. The van der Waals surface area contributed by atoms with Gasteiger partial charge in [0.1, 0.15) is 11.4 Å². The highest BCUT2D eigenvalue weighted by Gasteiger charge is 2.30. The second-order valence-electron chi connectivity index (χ2n) is 6.91. The topological polar surface area (TPSA) is 48.0 Å². The lowest BCUT2D eigenvalue weighted by Crippen LogP contribution is -2.45. The Labute approximate surface area is 152 Å². The molecule has 0 radical (unpaired) electrons. The van der Waals surface area contributed by atoms with Crippen LogP contribution in [0.2, 0.25) is 0 Å². The molecule has 1 amide bonds. The first-order chi connectivity index (χ1) is 11.3. The smallest absolute Gasteiger partial charge is 0.410 e. The Bertz CT molecular complexity index is 565. The normalized spacial score (nSPS) is 15.9. The van der Waals surface area contributed by atoms with Crippen LogP contribution < -0.4 is 4.74 Å². The molecule has 0 unspecified atom stereocenters. The number of ether oxygens (including phenoxy) is 3. The van der Waals surface area contributed by atoms with Gasteiger partial charge in [0.2, 0.25) is 0 Å². The molecule has 0 spiro atoms. The summed E-state index contributed by atoms with van der Waals surface area (Å²) in [7, 11) is 1.64. The zero-order chi connectivity index (χ0) is 17.7. The van der Waals surface area contributed by atoms with E-state index in [1.165, 1.54) is 0 Å². The molecule has 0 aromatic heterocycles. The number of halogens is 1. The molecule has 1 saturated heterocycles. The summed E-state index contributed by atoms with van der Waals surface area (Å²) >= 11 is 3.45. The lowest BCUT2D eigenvalue weighted by molar-refractivity contribution is -0.00821. The van der Waals surface area contributed by atoms with Gasteiger partial charge in [0.15, 0.2) is 0 Å². The van der Waals surface area contributed by atoms with Gasteiger partial charge in [-0.3, -0.25) is 0 Å². The Kier molecular flexibility index (Phi) is 6.52. The molecule has 1 aromatic rings. The van der Waals surface area contributed by atoms with Crippen molar-refractivity contribution in [2.45, 2.75) is 51.8 Å². The second-order valence-corrected chi connectivity index (χ2v) is 7.82. The monoisotopic (exact) mass is 399 g/mol. The van der Waals surface area contributed by atoms with Gasteiger partial charge in [-0.2, -0.15) is 0 Å². The first-order valence-corrected chi connectivity index (χ1v) is 8.99. The quantitative estimate of drug-likeness (QED) is 0.753. The van der Waals surface area contributed by atoms with E-state index in [1.807, 2.05) is 39.0 Å². The summed E-state index contributed by atoms with van der Waals surface area (Å²) in [4.78, 5) is 14.5. The molecule has 0 saturated carbocycles. The van der Waals surface area contributed by atoms with Crippen LogP contribution in [-0.4, -0.2) is 43.0 Å². The number of hydrogen-bond donors (Lipinski definition) is 0. The standard InChI is InChI=1S/C18H26BrNO4/c1-18(2,3)24-17(21)20(15-7-9-23-10-8-15)12-13-5-6-14(19)11-16(13)22-4/h5-6,11,15H,7-10,12H2,1-4H3. The van der Waals surface area contributed by atoms with Crippen molar-refractivity contribution in [2.75, 3.05) is 20.3 Å². The third kappa shape index (κ3) is 5.38. The number of hydrogen-bond acceptors (Lipinski definition) is 4. The Morgan fingerprint density at radius 3 is 2.58 bits per heavy atom. The molecule has 6 heteroatoms. The Morgan fingerprint density at radius 1 is 1.33 bits per heavy atom. The molecule has 24 heavy (non-hydrogen) atoms. The highest BCUT2D eigenvalue weighted by atomic mass is 79.9. The maximum atomic E-state index is 12.7. The molecule has 1 aliphatic heterocycles. The maximum absolute atomic E-state index is 12.7. The highest BCUT2D eigenvalue weighted by molar-refractivity contribution is 9.10. The summed E-state index contributed by atoms with van der Waals surface area (Å²) in [5.41, 5.74) is 0.433. The minimum atomic E-state index is -0.524. The highest BCUT2D eigenvalue weighted by Crippen LogP contribution is 2.27. The lowest BCUT2D eigenvalue weighted by atomic mass is 10.1. The fourth-order valence-electron chi connectivity index (χ4n) is 2.69. The van der Waals surface area contributed by atoms with Gasteiger partial charge in [0.25, 0.3) is 0 Å². The van der Waals surface area contributed by atoms with Crippen molar-refractivity contribution in [1.29, 1.82) is 0 Å². The van der Waals surface area contributed by atoms with Crippen LogP contribution >= 0.6 is 15.9 Å². The molecule has 1 fully saturated rings. The number of methoxy groups -OCH3 is 1. The van der Waals surface area contributed by atoms with Crippen molar-refractivity contribution >= 4 is 22.0 Å².